The topological polar surface area (TPSA) is 123 Å². The van der Waals surface area contributed by atoms with Gasteiger partial charge >= 0.3 is 0 Å². The maximum atomic E-state index is 12.1. The molecule has 3 aromatic rings. The quantitative estimate of drug-likeness (QED) is 0.215. The second-order valence-electron chi connectivity index (χ2n) is 7.77. The molecule has 2 N–H and O–H groups in total. The number of nitrogens with zero attached hydrogens (tertiary/aromatic N) is 2. The molecule has 0 spiro atoms. The smallest absolute Gasteiger partial charge is 0.269 e. The van der Waals surface area contributed by atoms with Crippen LogP contribution in [0.5, 0.6) is 5.75 Å². The van der Waals surface area contributed by atoms with Crippen molar-refractivity contribution in [3.05, 3.63) is 106 Å². The van der Waals surface area contributed by atoms with Crippen molar-refractivity contribution in [2.24, 2.45) is 5.10 Å². The molecule has 0 saturated carbocycles. The lowest BCUT2D eigenvalue weighted by atomic mass is 10.1. The molecule has 1 atom stereocenters. The lowest BCUT2D eigenvalue weighted by molar-refractivity contribution is -0.384. The zero-order valence-corrected chi connectivity index (χ0v) is 20.4. The first-order valence-electron chi connectivity index (χ1n) is 11.1. The second kappa shape index (κ2) is 13.6. The standard InChI is InChI=1S/C26H26N4O5S/c1-19(22-5-3-2-4-6-22)28-25(31)16-35-24-13-9-20(10-14-24)15-27-29-26(32)18-36-17-21-7-11-23(12-8-21)30(33)34/h2-15,19H,16-18H2,1H3,(H,28,31)(H,29,32)/b27-15-/t19-/m1/s1. The van der Waals surface area contributed by atoms with Gasteiger partial charge in [-0.15, -0.1) is 11.8 Å². The van der Waals surface area contributed by atoms with Crippen molar-refractivity contribution in [1.82, 2.24) is 10.7 Å². The molecule has 36 heavy (non-hydrogen) atoms. The van der Waals surface area contributed by atoms with E-state index in [1.165, 1.54) is 30.1 Å². The molecular weight excluding hydrogens is 480 g/mol. The molecule has 3 rings (SSSR count). The summed E-state index contributed by atoms with van der Waals surface area (Å²) in [6.07, 6.45) is 1.51. The zero-order valence-electron chi connectivity index (χ0n) is 19.6. The molecule has 2 amide bonds. The molecule has 0 unspecified atom stereocenters. The van der Waals surface area contributed by atoms with Gasteiger partial charge in [0.1, 0.15) is 5.75 Å². The highest BCUT2D eigenvalue weighted by Crippen LogP contribution is 2.17. The number of nitro groups is 1. The molecule has 186 valence electrons. The largest absolute Gasteiger partial charge is 0.484 e. The third-order valence-electron chi connectivity index (χ3n) is 4.98. The molecule has 10 heteroatoms. The van der Waals surface area contributed by atoms with Crippen molar-refractivity contribution in [1.29, 1.82) is 0 Å². The number of ether oxygens (including phenoxy) is 1. The molecule has 9 nitrogen and oxygen atoms in total. The van der Waals surface area contributed by atoms with E-state index < -0.39 is 4.92 Å². The van der Waals surface area contributed by atoms with Gasteiger partial charge < -0.3 is 10.1 Å². The molecule has 0 saturated heterocycles. The van der Waals surface area contributed by atoms with E-state index in [1.54, 1.807) is 36.4 Å². The van der Waals surface area contributed by atoms with Crippen LogP contribution in [-0.4, -0.2) is 35.3 Å². The average molecular weight is 507 g/mol. The number of carbonyl (C=O) groups excluding carboxylic acids is 2. The van der Waals surface area contributed by atoms with Gasteiger partial charge in [-0.1, -0.05) is 42.5 Å². The molecule has 3 aromatic carbocycles. The van der Waals surface area contributed by atoms with E-state index in [1.807, 2.05) is 37.3 Å². The van der Waals surface area contributed by atoms with Crippen LogP contribution in [-0.2, 0) is 15.3 Å². The summed E-state index contributed by atoms with van der Waals surface area (Å²) in [4.78, 5) is 34.3. The van der Waals surface area contributed by atoms with Crippen LogP contribution in [0, 0.1) is 10.1 Å². The third-order valence-corrected chi connectivity index (χ3v) is 5.98. The maximum absolute atomic E-state index is 12.1. The highest BCUT2D eigenvalue weighted by molar-refractivity contribution is 7.99. The van der Waals surface area contributed by atoms with Gasteiger partial charge in [-0.3, -0.25) is 19.7 Å². The second-order valence-corrected chi connectivity index (χ2v) is 8.75. The van der Waals surface area contributed by atoms with Crippen molar-refractivity contribution < 1.29 is 19.2 Å². The highest BCUT2D eigenvalue weighted by atomic mass is 32.2. The summed E-state index contributed by atoms with van der Waals surface area (Å²) in [5, 5.41) is 17.5. The SMILES string of the molecule is C[C@@H](NC(=O)COc1ccc(/C=N\NC(=O)CSCc2ccc([N+](=O)[O-])cc2)cc1)c1ccccc1. The zero-order chi connectivity index (χ0) is 25.8. The van der Waals surface area contributed by atoms with Crippen LogP contribution in [0.3, 0.4) is 0 Å². The van der Waals surface area contributed by atoms with Gasteiger partial charge in [0, 0.05) is 17.9 Å². The number of hydrogen-bond acceptors (Lipinski definition) is 7. The maximum Gasteiger partial charge on any atom is 0.269 e. The van der Waals surface area contributed by atoms with E-state index in [4.69, 9.17) is 4.74 Å². The number of non-ortho nitro benzene ring substituents is 1. The summed E-state index contributed by atoms with van der Waals surface area (Å²) in [6.45, 7) is 1.82. The fourth-order valence-electron chi connectivity index (χ4n) is 3.09. The summed E-state index contributed by atoms with van der Waals surface area (Å²) in [5.74, 6) is 0.826. The Balaban J connectivity index is 1.34. The van der Waals surface area contributed by atoms with E-state index in [9.17, 15) is 19.7 Å². The average Bonchev–Trinajstić information content (AvgIpc) is 2.89. The van der Waals surface area contributed by atoms with Gasteiger partial charge in [0.05, 0.1) is 22.9 Å². The Morgan fingerprint density at radius 1 is 1.03 bits per heavy atom. The van der Waals surface area contributed by atoms with Crippen LogP contribution in [0.4, 0.5) is 5.69 Å². The van der Waals surface area contributed by atoms with Gasteiger partial charge in [0.25, 0.3) is 11.6 Å². The number of nitro benzene ring substituents is 1. The van der Waals surface area contributed by atoms with Crippen molar-refractivity contribution in [3.8, 4) is 5.75 Å². The van der Waals surface area contributed by atoms with Crippen molar-refractivity contribution in [3.63, 3.8) is 0 Å². The van der Waals surface area contributed by atoms with Crippen molar-refractivity contribution in [2.75, 3.05) is 12.4 Å². The van der Waals surface area contributed by atoms with Crippen LogP contribution < -0.4 is 15.5 Å². The van der Waals surface area contributed by atoms with Gasteiger partial charge in [0.15, 0.2) is 6.61 Å². The minimum atomic E-state index is -0.448. The van der Waals surface area contributed by atoms with E-state index in [2.05, 4.69) is 15.8 Å². The Morgan fingerprint density at radius 3 is 2.39 bits per heavy atom. The fourth-order valence-corrected chi connectivity index (χ4v) is 3.87. The Morgan fingerprint density at radius 2 is 1.72 bits per heavy atom. The van der Waals surface area contributed by atoms with Crippen LogP contribution in [0.25, 0.3) is 0 Å². The van der Waals surface area contributed by atoms with Gasteiger partial charge in [0.2, 0.25) is 5.91 Å². The van der Waals surface area contributed by atoms with Crippen LogP contribution in [0.15, 0.2) is 84.0 Å². The van der Waals surface area contributed by atoms with Gasteiger partial charge in [-0.05, 0) is 47.9 Å². The number of carbonyl (C=O) groups is 2. The first kappa shape index (κ1) is 26.4. The Hall–Kier alpha value is -4.18. The van der Waals surface area contributed by atoms with Crippen LogP contribution in [0.1, 0.15) is 29.7 Å². The molecule has 0 heterocycles. The lowest BCUT2D eigenvalue weighted by Crippen LogP contribution is -2.31. The molecule has 0 aliphatic heterocycles. The minimum Gasteiger partial charge on any atom is -0.484 e. The number of hydrazone groups is 1. The monoisotopic (exact) mass is 506 g/mol. The van der Waals surface area contributed by atoms with Crippen molar-refractivity contribution in [2.45, 2.75) is 18.7 Å². The number of amides is 2. The first-order valence-corrected chi connectivity index (χ1v) is 12.3. The Labute approximate surface area is 213 Å². The predicted molar refractivity (Wildman–Crippen MR) is 140 cm³/mol. The molecule has 0 bridgehead atoms. The summed E-state index contributed by atoms with van der Waals surface area (Å²) >= 11 is 1.38. The van der Waals surface area contributed by atoms with Crippen LogP contribution >= 0.6 is 11.8 Å². The van der Waals surface area contributed by atoms with E-state index >= 15 is 0 Å². The highest BCUT2D eigenvalue weighted by Gasteiger charge is 2.10. The summed E-state index contributed by atoms with van der Waals surface area (Å²) < 4.78 is 5.54. The lowest BCUT2D eigenvalue weighted by Gasteiger charge is -2.14. The van der Waals surface area contributed by atoms with E-state index in [0.29, 0.717) is 11.5 Å². The van der Waals surface area contributed by atoms with Gasteiger partial charge in [-0.25, -0.2) is 5.43 Å². The first-order chi connectivity index (χ1) is 17.4. The number of benzene rings is 3. The molecule has 0 radical (unpaired) electrons. The van der Waals surface area contributed by atoms with Gasteiger partial charge in [-0.2, -0.15) is 5.10 Å². The van der Waals surface area contributed by atoms with Crippen LogP contribution in [0.2, 0.25) is 0 Å². The molecule has 0 aliphatic rings. The van der Waals surface area contributed by atoms with Crippen molar-refractivity contribution >= 4 is 35.5 Å². The number of rotatable bonds is 12. The Bertz CT molecular complexity index is 1190. The number of thioether (sulfide) groups is 1. The number of nitrogens with one attached hydrogen (secondary N) is 2. The molecule has 0 fully saturated rings. The Kier molecular flexibility index (Phi) is 10.0. The summed E-state index contributed by atoms with van der Waals surface area (Å²) in [6, 6.07) is 22.8. The van der Waals surface area contributed by atoms with E-state index in [-0.39, 0.29) is 35.9 Å². The summed E-state index contributed by atoms with van der Waals surface area (Å²) in [7, 11) is 0. The molecule has 0 aromatic heterocycles. The minimum absolute atomic E-state index is 0.0365. The van der Waals surface area contributed by atoms with E-state index in [0.717, 1.165) is 16.7 Å². The third kappa shape index (κ3) is 8.88. The number of hydrogen-bond donors (Lipinski definition) is 2. The molecule has 0 aliphatic carbocycles. The molecular formula is C26H26N4O5S. The summed E-state index contributed by atoms with van der Waals surface area (Å²) in [5.41, 5.74) is 5.17. The fraction of sp³-hybridized carbons (Fsp3) is 0.192. The predicted octanol–water partition coefficient (Wildman–Crippen LogP) is 4.23. The normalized spacial score (nSPS) is 11.6.